The summed E-state index contributed by atoms with van der Waals surface area (Å²) in [7, 11) is 0. The van der Waals surface area contributed by atoms with Crippen molar-refractivity contribution >= 4 is 29.0 Å². The third-order valence-corrected chi connectivity index (χ3v) is 3.97. The van der Waals surface area contributed by atoms with Crippen LogP contribution in [0.3, 0.4) is 0 Å². The monoisotopic (exact) mass is 343 g/mol. The zero-order valence-electron chi connectivity index (χ0n) is 12.4. The first kappa shape index (κ1) is 16.2. The van der Waals surface area contributed by atoms with E-state index in [1.807, 2.05) is 18.2 Å². The number of thioether (sulfide) groups is 1. The summed E-state index contributed by atoms with van der Waals surface area (Å²) in [5.74, 6) is -0.190. The molecule has 1 aromatic heterocycles. The molecule has 2 aromatic rings. The molecule has 7 nitrogen and oxygen atoms in total. The SMILES string of the molecule is O=C1NC(=O)/C(=C\c2ccc(OCC(O)c3ccccc3)nn2)S1. The van der Waals surface area contributed by atoms with E-state index in [0.717, 1.165) is 17.3 Å². The Morgan fingerprint density at radius 1 is 1.17 bits per heavy atom. The molecule has 1 fully saturated rings. The highest BCUT2D eigenvalue weighted by atomic mass is 32.2. The zero-order chi connectivity index (χ0) is 16.9. The number of nitrogens with one attached hydrogen (secondary N) is 1. The van der Waals surface area contributed by atoms with Crippen molar-refractivity contribution in [3.63, 3.8) is 0 Å². The second-order valence-corrected chi connectivity index (χ2v) is 5.90. The Morgan fingerprint density at radius 2 is 1.96 bits per heavy atom. The maximum atomic E-state index is 11.4. The summed E-state index contributed by atoms with van der Waals surface area (Å²) < 4.78 is 5.40. The molecule has 1 atom stereocenters. The van der Waals surface area contributed by atoms with E-state index in [1.165, 1.54) is 6.08 Å². The molecule has 1 aromatic carbocycles. The van der Waals surface area contributed by atoms with Crippen LogP contribution in [-0.4, -0.2) is 33.1 Å². The summed E-state index contributed by atoms with van der Waals surface area (Å²) in [5.41, 5.74) is 1.18. The first-order valence-electron chi connectivity index (χ1n) is 7.06. The van der Waals surface area contributed by atoms with E-state index in [1.54, 1.807) is 24.3 Å². The molecule has 0 aliphatic carbocycles. The third-order valence-electron chi connectivity index (χ3n) is 3.16. The van der Waals surface area contributed by atoms with Crippen LogP contribution >= 0.6 is 11.8 Å². The number of ether oxygens (including phenoxy) is 1. The highest BCUT2D eigenvalue weighted by molar-refractivity contribution is 8.18. The van der Waals surface area contributed by atoms with Crippen LogP contribution in [0.2, 0.25) is 0 Å². The van der Waals surface area contributed by atoms with E-state index >= 15 is 0 Å². The van der Waals surface area contributed by atoms with E-state index in [9.17, 15) is 14.7 Å². The van der Waals surface area contributed by atoms with Crippen LogP contribution in [0.4, 0.5) is 4.79 Å². The lowest BCUT2D eigenvalue weighted by Gasteiger charge is -2.11. The van der Waals surface area contributed by atoms with E-state index < -0.39 is 17.3 Å². The lowest BCUT2D eigenvalue weighted by atomic mass is 10.1. The molecule has 8 heteroatoms. The Labute approximate surface area is 141 Å². The average molecular weight is 343 g/mol. The molecule has 1 aliphatic rings. The number of nitrogens with zero attached hydrogens (tertiary/aromatic N) is 2. The number of aliphatic hydroxyl groups is 1. The summed E-state index contributed by atoms with van der Waals surface area (Å²) in [6.45, 7) is 0.0475. The van der Waals surface area contributed by atoms with Gasteiger partial charge in [-0.3, -0.25) is 14.9 Å². The second kappa shape index (κ2) is 7.24. The maximum Gasteiger partial charge on any atom is 0.290 e. The molecule has 24 heavy (non-hydrogen) atoms. The van der Waals surface area contributed by atoms with E-state index in [-0.39, 0.29) is 17.4 Å². The lowest BCUT2D eigenvalue weighted by Crippen LogP contribution is -2.17. The van der Waals surface area contributed by atoms with Gasteiger partial charge in [-0.15, -0.1) is 10.2 Å². The topological polar surface area (TPSA) is 101 Å². The number of benzene rings is 1. The number of hydrogen-bond acceptors (Lipinski definition) is 7. The van der Waals surface area contributed by atoms with Gasteiger partial charge in [0.05, 0.1) is 10.6 Å². The van der Waals surface area contributed by atoms with Gasteiger partial charge < -0.3 is 9.84 Å². The molecule has 1 unspecified atom stereocenters. The van der Waals surface area contributed by atoms with Gasteiger partial charge in [-0.05, 0) is 29.5 Å². The fourth-order valence-electron chi connectivity index (χ4n) is 1.98. The Kier molecular flexibility index (Phi) is 4.88. The van der Waals surface area contributed by atoms with Crippen molar-refractivity contribution in [1.29, 1.82) is 0 Å². The first-order chi connectivity index (χ1) is 11.6. The molecular weight excluding hydrogens is 330 g/mol. The lowest BCUT2D eigenvalue weighted by molar-refractivity contribution is -0.115. The normalized spacial score (nSPS) is 17.0. The van der Waals surface area contributed by atoms with Crippen LogP contribution in [0.5, 0.6) is 5.88 Å². The van der Waals surface area contributed by atoms with Gasteiger partial charge in [-0.25, -0.2) is 0 Å². The van der Waals surface area contributed by atoms with E-state index in [2.05, 4.69) is 15.5 Å². The van der Waals surface area contributed by atoms with Gasteiger partial charge >= 0.3 is 0 Å². The number of amides is 2. The molecule has 0 saturated carbocycles. The number of carbonyl (C=O) groups is 2. The molecule has 1 aliphatic heterocycles. The minimum absolute atomic E-state index is 0.0475. The maximum absolute atomic E-state index is 11.4. The Balaban J connectivity index is 1.60. The van der Waals surface area contributed by atoms with Gasteiger partial charge in [0.15, 0.2) is 0 Å². The highest BCUT2D eigenvalue weighted by Crippen LogP contribution is 2.25. The fraction of sp³-hybridized carbons (Fsp3) is 0.125. The predicted molar refractivity (Wildman–Crippen MR) is 88.0 cm³/mol. The molecule has 122 valence electrons. The number of hydrogen-bond donors (Lipinski definition) is 2. The number of aromatic nitrogens is 2. The first-order valence-corrected chi connectivity index (χ1v) is 7.88. The van der Waals surface area contributed by atoms with Gasteiger partial charge in [0.2, 0.25) is 5.88 Å². The van der Waals surface area contributed by atoms with Gasteiger partial charge in [-0.1, -0.05) is 30.3 Å². The van der Waals surface area contributed by atoms with Crippen molar-refractivity contribution in [2.24, 2.45) is 0 Å². The van der Waals surface area contributed by atoms with Gasteiger partial charge in [0, 0.05) is 6.07 Å². The van der Waals surface area contributed by atoms with Crippen LogP contribution in [0.25, 0.3) is 6.08 Å². The van der Waals surface area contributed by atoms with Crippen molar-refractivity contribution in [3.05, 3.63) is 58.6 Å². The smallest absolute Gasteiger partial charge is 0.290 e. The molecule has 1 saturated heterocycles. The quantitative estimate of drug-likeness (QED) is 0.800. The predicted octanol–water partition coefficient (Wildman–Crippen LogP) is 1.91. The largest absolute Gasteiger partial charge is 0.473 e. The Morgan fingerprint density at radius 3 is 2.58 bits per heavy atom. The van der Waals surface area contributed by atoms with Gasteiger partial charge in [0.25, 0.3) is 11.1 Å². The molecule has 0 bridgehead atoms. The summed E-state index contributed by atoms with van der Waals surface area (Å²) in [6, 6.07) is 12.3. The highest BCUT2D eigenvalue weighted by Gasteiger charge is 2.25. The molecule has 2 heterocycles. The minimum Gasteiger partial charge on any atom is -0.473 e. The van der Waals surface area contributed by atoms with Crippen molar-refractivity contribution < 1.29 is 19.4 Å². The van der Waals surface area contributed by atoms with Crippen LogP contribution in [-0.2, 0) is 4.79 Å². The van der Waals surface area contributed by atoms with Gasteiger partial charge in [0.1, 0.15) is 12.7 Å². The van der Waals surface area contributed by atoms with Crippen molar-refractivity contribution in [2.75, 3.05) is 6.61 Å². The van der Waals surface area contributed by atoms with Crippen molar-refractivity contribution in [2.45, 2.75) is 6.10 Å². The third kappa shape index (κ3) is 3.98. The molecule has 0 spiro atoms. The molecular formula is C16H13N3O4S. The number of rotatable bonds is 5. The molecule has 2 N–H and O–H groups in total. The Bertz CT molecular complexity index is 778. The minimum atomic E-state index is -0.764. The van der Waals surface area contributed by atoms with Crippen molar-refractivity contribution in [3.8, 4) is 5.88 Å². The van der Waals surface area contributed by atoms with Crippen LogP contribution in [0, 0.1) is 0 Å². The molecule has 2 amide bonds. The van der Waals surface area contributed by atoms with Crippen LogP contribution in [0.15, 0.2) is 47.4 Å². The van der Waals surface area contributed by atoms with Crippen LogP contribution < -0.4 is 10.1 Å². The van der Waals surface area contributed by atoms with Gasteiger partial charge in [-0.2, -0.15) is 0 Å². The Hall–Kier alpha value is -2.71. The van der Waals surface area contributed by atoms with E-state index in [0.29, 0.717) is 5.69 Å². The number of carbonyl (C=O) groups excluding carboxylic acids is 2. The zero-order valence-corrected chi connectivity index (χ0v) is 13.2. The number of aliphatic hydroxyl groups excluding tert-OH is 1. The molecule has 0 radical (unpaired) electrons. The van der Waals surface area contributed by atoms with Crippen molar-refractivity contribution in [1.82, 2.24) is 15.5 Å². The average Bonchev–Trinajstić information content (AvgIpc) is 2.92. The summed E-state index contributed by atoms with van der Waals surface area (Å²) in [5, 5.41) is 19.6. The second-order valence-electron chi connectivity index (χ2n) is 4.89. The summed E-state index contributed by atoms with van der Waals surface area (Å²) in [6.07, 6.45) is 0.708. The van der Waals surface area contributed by atoms with Crippen LogP contribution in [0.1, 0.15) is 17.4 Å². The summed E-state index contributed by atoms with van der Waals surface area (Å²) >= 11 is 0.814. The molecule has 3 rings (SSSR count). The van der Waals surface area contributed by atoms with E-state index in [4.69, 9.17) is 4.74 Å². The number of imide groups is 1. The summed E-state index contributed by atoms with van der Waals surface area (Å²) in [4.78, 5) is 22.8. The standard InChI is InChI=1S/C16H13N3O4S/c20-12(10-4-2-1-3-5-10)9-23-14-7-6-11(18-19-14)8-13-15(21)17-16(22)24-13/h1-8,12,20H,9H2,(H,17,21,22)/b13-8+. The fourth-order valence-corrected chi connectivity index (χ4v) is 2.64.